The molecule has 0 saturated heterocycles. The second-order valence-corrected chi connectivity index (χ2v) is 7.96. The van der Waals surface area contributed by atoms with Crippen LogP contribution in [-0.2, 0) is 4.79 Å². The molecule has 0 spiro atoms. The first-order valence-corrected chi connectivity index (χ1v) is 8.00. The molecule has 0 radical (unpaired) electrons. The van der Waals surface area contributed by atoms with Crippen molar-refractivity contribution in [2.45, 2.75) is 70.2 Å². The van der Waals surface area contributed by atoms with Gasteiger partial charge >= 0.3 is 0 Å². The molecule has 2 atom stereocenters. The van der Waals surface area contributed by atoms with Gasteiger partial charge in [-0.05, 0) is 30.1 Å². The number of carbonyl (C=O) groups is 1. The molecule has 0 fully saturated rings. The summed E-state index contributed by atoms with van der Waals surface area (Å²) in [5.74, 6) is 0. The van der Waals surface area contributed by atoms with Crippen LogP contribution in [0.4, 0.5) is 0 Å². The SMILES string of the molecule is BCCC(S)C(C)(C)CC(C)(C)C(S)CCC=O. The Morgan fingerprint density at radius 3 is 1.89 bits per heavy atom. The Hall–Kier alpha value is 0.435. The third-order valence-electron chi connectivity index (χ3n) is 3.84. The highest BCUT2D eigenvalue weighted by molar-refractivity contribution is 7.81. The Bertz CT molecular complexity index is 254. The number of hydrogen-bond donors (Lipinski definition) is 2. The number of thiol groups is 2. The molecule has 0 rings (SSSR count). The summed E-state index contributed by atoms with van der Waals surface area (Å²) in [4.78, 5) is 10.5. The van der Waals surface area contributed by atoms with Gasteiger partial charge in [0.1, 0.15) is 14.1 Å². The maximum Gasteiger partial charge on any atom is 0.120 e. The van der Waals surface area contributed by atoms with E-state index in [1.807, 2.05) is 0 Å². The highest BCUT2D eigenvalue weighted by atomic mass is 32.1. The van der Waals surface area contributed by atoms with E-state index in [2.05, 4.69) is 35.5 Å². The molecule has 0 N–H and O–H groups in total. The van der Waals surface area contributed by atoms with Crippen molar-refractivity contribution < 1.29 is 4.79 Å². The van der Waals surface area contributed by atoms with Crippen molar-refractivity contribution in [3.63, 3.8) is 0 Å². The van der Waals surface area contributed by atoms with Crippen LogP contribution in [0.3, 0.4) is 0 Å². The zero-order valence-corrected chi connectivity index (χ0v) is 14.4. The minimum Gasteiger partial charge on any atom is -0.303 e. The zero-order chi connectivity index (χ0) is 14.4. The van der Waals surface area contributed by atoms with E-state index >= 15 is 0 Å². The van der Waals surface area contributed by atoms with Gasteiger partial charge in [0.2, 0.25) is 0 Å². The van der Waals surface area contributed by atoms with Crippen molar-refractivity contribution in [1.82, 2.24) is 0 Å². The number of aldehydes is 1. The van der Waals surface area contributed by atoms with Crippen molar-refractivity contribution >= 4 is 39.4 Å². The number of rotatable bonds is 9. The molecule has 106 valence electrons. The van der Waals surface area contributed by atoms with Crippen LogP contribution in [0.2, 0.25) is 6.32 Å². The summed E-state index contributed by atoms with van der Waals surface area (Å²) < 4.78 is 0. The van der Waals surface area contributed by atoms with Gasteiger partial charge in [-0.1, -0.05) is 34.0 Å². The van der Waals surface area contributed by atoms with Crippen molar-refractivity contribution in [3.8, 4) is 0 Å². The summed E-state index contributed by atoms with van der Waals surface area (Å²) in [6.07, 6.45) is 5.87. The third kappa shape index (κ3) is 6.05. The molecule has 4 heteroatoms. The van der Waals surface area contributed by atoms with Crippen LogP contribution in [0.25, 0.3) is 0 Å². The van der Waals surface area contributed by atoms with Gasteiger partial charge in [-0.15, -0.1) is 0 Å². The second-order valence-electron chi connectivity index (χ2n) is 6.72. The molecule has 0 aliphatic heterocycles. The summed E-state index contributed by atoms with van der Waals surface area (Å²) in [6, 6.07) is 0. The molecule has 0 bridgehead atoms. The summed E-state index contributed by atoms with van der Waals surface area (Å²) in [7, 11) is 2.20. The standard InChI is InChI=1S/C14H29BOS2/c1-13(2,11(17)6-5-9-16)10-14(3,4)12(18)7-8-15/h9,11-12,17-18H,5-8,10,15H2,1-4H3. The highest BCUT2D eigenvalue weighted by Crippen LogP contribution is 2.43. The van der Waals surface area contributed by atoms with Crippen molar-refractivity contribution in [2.24, 2.45) is 10.8 Å². The van der Waals surface area contributed by atoms with E-state index in [0.29, 0.717) is 11.7 Å². The molecule has 2 unspecified atom stereocenters. The van der Waals surface area contributed by atoms with E-state index in [9.17, 15) is 4.79 Å². The quantitative estimate of drug-likeness (QED) is 0.377. The minimum absolute atomic E-state index is 0.129. The third-order valence-corrected chi connectivity index (χ3v) is 5.75. The summed E-state index contributed by atoms with van der Waals surface area (Å²) >= 11 is 9.45. The Kier molecular flexibility index (Phi) is 8.08. The van der Waals surface area contributed by atoms with Crippen LogP contribution in [0.15, 0.2) is 0 Å². The van der Waals surface area contributed by atoms with Crippen molar-refractivity contribution in [3.05, 3.63) is 0 Å². The number of hydrogen-bond acceptors (Lipinski definition) is 3. The van der Waals surface area contributed by atoms with Gasteiger partial charge in [0.25, 0.3) is 0 Å². The predicted octanol–water partition coefficient (Wildman–Crippen LogP) is 3.45. The zero-order valence-electron chi connectivity index (χ0n) is 12.6. The average molecular weight is 288 g/mol. The molecule has 18 heavy (non-hydrogen) atoms. The molecule has 0 amide bonds. The Balaban J connectivity index is 4.57. The van der Waals surface area contributed by atoms with E-state index in [4.69, 9.17) is 25.3 Å². The summed E-state index contributed by atoms with van der Waals surface area (Å²) in [6.45, 7) is 9.10. The van der Waals surface area contributed by atoms with Gasteiger partial charge in [-0.3, -0.25) is 0 Å². The normalized spacial score (nSPS) is 16.3. The predicted molar refractivity (Wildman–Crippen MR) is 91.0 cm³/mol. The second kappa shape index (κ2) is 7.89. The van der Waals surface area contributed by atoms with Crippen LogP contribution < -0.4 is 0 Å². The minimum atomic E-state index is 0.129. The van der Waals surface area contributed by atoms with E-state index < -0.39 is 0 Å². The maximum absolute atomic E-state index is 10.5. The Morgan fingerprint density at radius 1 is 1.06 bits per heavy atom. The molecular weight excluding hydrogens is 259 g/mol. The summed E-state index contributed by atoms with van der Waals surface area (Å²) in [5.41, 5.74) is 0.328. The fourth-order valence-electron chi connectivity index (χ4n) is 2.69. The van der Waals surface area contributed by atoms with E-state index in [1.165, 1.54) is 6.32 Å². The van der Waals surface area contributed by atoms with Crippen LogP contribution in [-0.4, -0.2) is 24.6 Å². The van der Waals surface area contributed by atoms with Crippen LogP contribution >= 0.6 is 25.3 Å². The maximum atomic E-state index is 10.5. The Morgan fingerprint density at radius 2 is 1.50 bits per heavy atom. The van der Waals surface area contributed by atoms with E-state index in [1.54, 1.807) is 0 Å². The van der Waals surface area contributed by atoms with Gasteiger partial charge in [0, 0.05) is 16.9 Å². The van der Waals surface area contributed by atoms with Crippen molar-refractivity contribution in [1.29, 1.82) is 0 Å². The first-order valence-electron chi connectivity index (χ1n) is 6.97. The monoisotopic (exact) mass is 288 g/mol. The van der Waals surface area contributed by atoms with Gasteiger partial charge in [0.05, 0.1) is 0 Å². The first-order chi connectivity index (χ1) is 8.17. The van der Waals surface area contributed by atoms with Gasteiger partial charge in [-0.2, -0.15) is 25.3 Å². The first kappa shape index (κ1) is 18.4. The largest absolute Gasteiger partial charge is 0.303 e. The lowest BCUT2D eigenvalue weighted by Crippen LogP contribution is -2.36. The van der Waals surface area contributed by atoms with Crippen LogP contribution in [0.5, 0.6) is 0 Å². The molecule has 0 aromatic heterocycles. The molecule has 0 aliphatic carbocycles. The lowest BCUT2D eigenvalue weighted by atomic mass is 9.69. The van der Waals surface area contributed by atoms with E-state index in [-0.39, 0.29) is 16.1 Å². The topological polar surface area (TPSA) is 17.1 Å². The molecule has 0 aromatic rings. The van der Waals surface area contributed by atoms with Crippen LogP contribution in [0, 0.1) is 10.8 Å². The lowest BCUT2D eigenvalue weighted by molar-refractivity contribution is -0.108. The summed E-state index contributed by atoms with van der Waals surface area (Å²) in [5, 5.41) is 0.692. The van der Waals surface area contributed by atoms with Gasteiger partial charge < -0.3 is 4.79 Å². The molecular formula is C14H29BOS2. The number of carbonyl (C=O) groups excluding carboxylic acids is 1. The fraction of sp³-hybridized carbons (Fsp3) is 0.929. The average Bonchev–Trinajstić information content (AvgIpc) is 2.24. The van der Waals surface area contributed by atoms with E-state index in [0.717, 1.165) is 25.5 Å². The Labute approximate surface area is 125 Å². The van der Waals surface area contributed by atoms with Gasteiger partial charge in [0.15, 0.2) is 0 Å². The molecule has 0 heterocycles. The molecule has 0 aliphatic rings. The highest BCUT2D eigenvalue weighted by Gasteiger charge is 2.36. The lowest BCUT2D eigenvalue weighted by Gasteiger charge is -2.41. The fourth-order valence-corrected chi connectivity index (χ4v) is 3.28. The molecule has 0 aromatic carbocycles. The molecule has 1 nitrogen and oxygen atoms in total. The molecule has 0 saturated carbocycles. The van der Waals surface area contributed by atoms with Crippen LogP contribution in [0.1, 0.15) is 53.4 Å². The van der Waals surface area contributed by atoms with Gasteiger partial charge in [-0.25, -0.2) is 0 Å². The van der Waals surface area contributed by atoms with Crippen molar-refractivity contribution in [2.75, 3.05) is 0 Å². The smallest absolute Gasteiger partial charge is 0.120 e.